The first-order valence-electron chi connectivity index (χ1n) is 10.8. The van der Waals surface area contributed by atoms with Crippen LogP contribution in [-0.4, -0.2) is 67.9 Å². The zero-order chi connectivity index (χ0) is 29.5. The lowest BCUT2D eigenvalue weighted by molar-refractivity contribution is -0.385. The van der Waals surface area contributed by atoms with Crippen molar-refractivity contribution in [3.63, 3.8) is 0 Å². The molecule has 1 fully saturated rings. The standard InChI is InChI=1S/C17H21N6O14P3/c18-15-14-16(20-8-19-15)22(9-21-14)17(5-10-3-1-2-4-11(10)23(25)26)6-12(24)13(35-17)7-34-39(30,31)37-40(32,33)36-38(27,28)29/h1-4,8-9,12-13,24H,5-7H2,(H,30,31)(H,32,33)(H2,18,19,20)(H2,27,28,29)/t12-,13+,17+/m0/s1. The predicted molar refractivity (Wildman–Crippen MR) is 130 cm³/mol. The van der Waals surface area contributed by atoms with Gasteiger partial charge in [-0.3, -0.25) is 19.2 Å². The number of nitro groups is 1. The van der Waals surface area contributed by atoms with Gasteiger partial charge in [-0.15, -0.1) is 0 Å². The summed E-state index contributed by atoms with van der Waals surface area (Å²) in [5.41, 5.74) is 4.40. The highest BCUT2D eigenvalue weighted by atomic mass is 31.3. The van der Waals surface area contributed by atoms with Crippen molar-refractivity contribution < 1.29 is 61.2 Å². The Morgan fingerprint density at radius 2 is 1.82 bits per heavy atom. The summed E-state index contributed by atoms with van der Waals surface area (Å²) in [5, 5.41) is 22.5. The number of hydrogen-bond acceptors (Lipinski definition) is 14. The lowest BCUT2D eigenvalue weighted by atomic mass is 9.96. The summed E-state index contributed by atoms with van der Waals surface area (Å²) in [6.45, 7) is -0.965. The Balaban J connectivity index is 1.65. The molecule has 0 spiro atoms. The molecule has 5 atom stereocenters. The van der Waals surface area contributed by atoms with Gasteiger partial charge in [0.25, 0.3) is 5.69 Å². The van der Waals surface area contributed by atoms with Crippen LogP contribution in [0, 0.1) is 10.1 Å². The van der Waals surface area contributed by atoms with Crippen molar-refractivity contribution in [3.05, 3.63) is 52.6 Å². The summed E-state index contributed by atoms with van der Waals surface area (Å²) in [5.74, 6) is 0.00680. The first kappa shape index (κ1) is 30.3. The monoisotopic (exact) mass is 626 g/mol. The van der Waals surface area contributed by atoms with Crippen LogP contribution in [0.3, 0.4) is 0 Å². The minimum Gasteiger partial charge on any atom is -0.390 e. The Hall–Kier alpha value is -2.70. The van der Waals surface area contributed by atoms with E-state index in [-0.39, 0.29) is 41.1 Å². The Morgan fingerprint density at radius 1 is 1.12 bits per heavy atom. The van der Waals surface area contributed by atoms with Gasteiger partial charge in [0.2, 0.25) is 0 Å². The van der Waals surface area contributed by atoms with Gasteiger partial charge in [0.05, 0.1) is 24.0 Å². The van der Waals surface area contributed by atoms with Crippen LogP contribution in [0.25, 0.3) is 11.2 Å². The van der Waals surface area contributed by atoms with Crippen LogP contribution in [0.5, 0.6) is 0 Å². The molecule has 40 heavy (non-hydrogen) atoms. The van der Waals surface area contributed by atoms with Gasteiger partial charge in [0.1, 0.15) is 17.9 Å². The number of anilines is 1. The van der Waals surface area contributed by atoms with E-state index in [1.807, 2.05) is 0 Å². The van der Waals surface area contributed by atoms with E-state index >= 15 is 0 Å². The molecule has 1 aliphatic heterocycles. The van der Waals surface area contributed by atoms with E-state index in [0.29, 0.717) is 0 Å². The number of nitrogen functional groups attached to an aromatic ring is 1. The van der Waals surface area contributed by atoms with Crippen LogP contribution in [0.4, 0.5) is 11.5 Å². The average molecular weight is 626 g/mol. The third kappa shape index (κ3) is 6.77. The molecule has 3 heterocycles. The van der Waals surface area contributed by atoms with Crippen molar-refractivity contribution >= 4 is 46.1 Å². The fourth-order valence-electron chi connectivity index (χ4n) is 4.12. The van der Waals surface area contributed by atoms with E-state index in [1.165, 1.54) is 29.1 Å². The Bertz CT molecular complexity index is 1580. The number of benzene rings is 1. The number of nitrogens with two attached hydrogens (primary N) is 1. The number of imidazole rings is 1. The zero-order valence-electron chi connectivity index (χ0n) is 19.8. The predicted octanol–water partition coefficient (Wildman–Crippen LogP) is 0.705. The van der Waals surface area contributed by atoms with Crippen LogP contribution in [0.1, 0.15) is 12.0 Å². The van der Waals surface area contributed by atoms with Crippen molar-refractivity contribution in [1.82, 2.24) is 19.5 Å². The summed E-state index contributed by atoms with van der Waals surface area (Å²) in [7, 11) is -16.9. The van der Waals surface area contributed by atoms with Crippen molar-refractivity contribution in [3.8, 4) is 0 Å². The lowest BCUT2D eigenvalue weighted by Crippen LogP contribution is -2.37. The molecule has 1 saturated heterocycles. The largest absolute Gasteiger partial charge is 0.490 e. The molecule has 1 aromatic carbocycles. The molecular formula is C17H21N6O14P3. The smallest absolute Gasteiger partial charge is 0.390 e. The van der Waals surface area contributed by atoms with Gasteiger partial charge in [-0.25, -0.2) is 28.6 Å². The third-order valence-electron chi connectivity index (χ3n) is 5.60. The van der Waals surface area contributed by atoms with Gasteiger partial charge >= 0.3 is 23.5 Å². The van der Waals surface area contributed by atoms with E-state index < -0.39 is 52.9 Å². The number of ether oxygens (including phenoxy) is 1. The van der Waals surface area contributed by atoms with E-state index in [2.05, 4.69) is 28.1 Å². The number of fused-ring (bicyclic) bond motifs is 1. The maximum absolute atomic E-state index is 12.2. The van der Waals surface area contributed by atoms with Gasteiger partial charge in [-0.1, -0.05) is 18.2 Å². The van der Waals surface area contributed by atoms with Crippen molar-refractivity contribution in [1.29, 1.82) is 0 Å². The molecule has 2 unspecified atom stereocenters. The van der Waals surface area contributed by atoms with Crippen LogP contribution in [0.2, 0.25) is 0 Å². The zero-order valence-corrected chi connectivity index (χ0v) is 22.5. The van der Waals surface area contributed by atoms with Crippen LogP contribution < -0.4 is 5.73 Å². The number of para-hydroxylation sites is 1. The number of nitro benzene ring substituents is 1. The van der Waals surface area contributed by atoms with E-state index in [4.69, 9.17) is 20.3 Å². The average Bonchev–Trinajstić information content (AvgIpc) is 3.38. The number of hydrogen-bond donors (Lipinski definition) is 6. The van der Waals surface area contributed by atoms with Crippen molar-refractivity contribution in [2.45, 2.75) is 30.8 Å². The summed E-state index contributed by atoms with van der Waals surface area (Å²) < 4.78 is 53.9. The van der Waals surface area contributed by atoms with Gasteiger partial charge in [0, 0.05) is 24.5 Å². The molecule has 23 heteroatoms. The molecule has 0 amide bonds. The summed E-state index contributed by atoms with van der Waals surface area (Å²) >= 11 is 0. The van der Waals surface area contributed by atoms with Gasteiger partial charge in [-0.05, 0) is 0 Å². The van der Waals surface area contributed by atoms with E-state index in [9.17, 15) is 38.7 Å². The third-order valence-corrected chi connectivity index (χ3v) is 9.40. The summed E-state index contributed by atoms with van der Waals surface area (Å²) in [4.78, 5) is 59.6. The second-order valence-corrected chi connectivity index (χ2v) is 12.8. The number of aliphatic hydroxyl groups is 1. The number of phosphoric acid groups is 3. The normalized spacial score (nSPS) is 24.5. The molecule has 0 aliphatic carbocycles. The van der Waals surface area contributed by atoms with Gasteiger partial charge in [0.15, 0.2) is 17.2 Å². The number of rotatable bonds is 11. The van der Waals surface area contributed by atoms with Crippen LogP contribution in [0.15, 0.2) is 36.9 Å². The SMILES string of the molecule is Nc1ncnc2c1ncn2[C@@]1(Cc2ccccc2[N+](=O)[O-])C[C@H](O)[C@@H](COP(=O)(O)OP(=O)(O)OP(=O)(O)O)O1. The fraction of sp³-hybridized carbons (Fsp3) is 0.353. The first-order chi connectivity index (χ1) is 18.5. The van der Waals surface area contributed by atoms with Crippen LogP contribution >= 0.6 is 23.5 Å². The molecule has 4 rings (SSSR count). The molecule has 2 aromatic heterocycles. The minimum absolute atomic E-state index is 0.00680. The van der Waals surface area contributed by atoms with Crippen LogP contribution in [-0.2, 0) is 43.7 Å². The Labute approximate surface area is 222 Å². The van der Waals surface area contributed by atoms with Crippen molar-refractivity contribution in [2.24, 2.45) is 0 Å². The molecule has 0 saturated carbocycles. The van der Waals surface area contributed by atoms with Crippen molar-refractivity contribution in [2.75, 3.05) is 12.3 Å². The Kier molecular flexibility index (Phi) is 8.28. The summed E-state index contributed by atoms with van der Waals surface area (Å²) in [6, 6.07) is 5.70. The van der Waals surface area contributed by atoms with Gasteiger partial charge in [-0.2, -0.15) is 8.62 Å². The molecule has 218 valence electrons. The highest BCUT2D eigenvalue weighted by Crippen LogP contribution is 2.66. The molecule has 20 nitrogen and oxygen atoms in total. The van der Waals surface area contributed by atoms with Gasteiger partial charge < -0.3 is 35.2 Å². The fourth-order valence-corrected chi connectivity index (χ4v) is 7.15. The molecule has 3 aromatic rings. The summed E-state index contributed by atoms with van der Waals surface area (Å²) in [6.07, 6.45) is -1.08. The maximum atomic E-state index is 12.2. The number of phosphoric ester groups is 1. The molecule has 0 bridgehead atoms. The maximum Gasteiger partial charge on any atom is 0.490 e. The number of nitrogens with zero attached hydrogens (tertiary/aromatic N) is 5. The molecule has 1 aliphatic rings. The second kappa shape index (κ2) is 10.9. The quantitative estimate of drug-likeness (QED) is 0.0969. The highest BCUT2D eigenvalue weighted by molar-refractivity contribution is 7.66. The number of aliphatic hydroxyl groups excluding tert-OH is 1. The number of aromatic nitrogens is 4. The van der Waals surface area contributed by atoms with E-state index in [0.717, 1.165) is 6.33 Å². The highest BCUT2D eigenvalue weighted by Gasteiger charge is 2.50. The topological polar surface area (TPSA) is 302 Å². The Morgan fingerprint density at radius 3 is 2.50 bits per heavy atom. The molecule has 7 N–H and O–H groups in total. The first-order valence-corrected chi connectivity index (χ1v) is 15.3. The van der Waals surface area contributed by atoms with E-state index in [1.54, 1.807) is 6.07 Å². The molecular weight excluding hydrogens is 605 g/mol. The molecule has 0 radical (unpaired) electrons. The second-order valence-electron chi connectivity index (χ2n) is 8.37. The minimum atomic E-state index is -5.78. The lowest BCUT2D eigenvalue weighted by Gasteiger charge is -2.31.